The topological polar surface area (TPSA) is 105 Å². The maximum Gasteiger partial charge on any atom is 0.407 e. The molecule has 2 rings (SSSR count). The Morgan fingerprint density at radius 3 is 2.38 bits per heavy atom. The Kier molecular flexibility index (Phi) is 8.92. The number of rotatable bonds is 9. The van der Waals surface area contributed by atoms with Crippen LogP contribution in [0.5, 0.6) is 0 Å². The molecule has 1 unspecified atom stereocenters. The SMILES string of the molecule is CC(C)C(NCCOC(=O)C1CCN(C(=O)O)CC1)C(=O)OCc1ccccc1. The van der Waals surface area contributed by atoms with Crippen molar-refractivity contribution in [3.63, 3.8) is 0 Å². The molecule has 1 aliphatic rings. The number of carboxylic acid groups (broad SMARTS) is 1. The molecule has 1 aromatic rings. The summed E-state index contributed by atoms with van der Waals surface area (Å²) in [4.78, 5) is 36.7. The van der Waals surface area contributed by atoms with Gasteiger partial charge in [0, 0.05) is 19.6 Å². The van der Waals surface area contributed by atoms with Crippen LogP contribution in [0.3, 0.4) is 0 Å². The van der Waals surface area contributed by atoms with Gasteiger partial charge in [-0.2, -0.15) is 0 Å². The zero-order chi connectivity index (χ0) is 21.2. The van der Waals surface area contributed by atoms with Crippen molar-refractivity contribution in [3.05, 3.63) is 35.9 Å². The van der Waals surface area contributed by atoms with Crippen molar-refractivity contribution in [2.45, 2.75) is 39.3 Å². The Bertz CT molecular complexity index is 671. The molecule has 1 aromatic carbocycles. The van der Waals surface area contributed by atoms with Crippen molar-refractivity contribution in [3.8, 4) is 0 Å². The lowest BCUT2D eigenvalue weighted by Crippen LogP contribution is -2.44. The van der Waals surface area contributed by atoms with Crippen LogP contribution in [0.15, 0.2) is 30.3 Å². The van der Waals surface area contributed by atoms with E-state index in [0.717, 1.165) is 5.56 Å². The largest absolute Gasteiger partial charge is 0.465 e. The average Bonchev–Trinajstić information content (AvgIpc) is 2.72. The third-order valence-corrected chi connectivity index (χ3v) is 4.95. The molecule has 2 N–H and O–H groups in total. The maximum atomic E-state index is 12.4. The fraction of sp³-hybridized carbons (Fsp3) is 0.571. The number of nitrogens with zero attached hydrogens (tertiary/aromatic N) is 1. The quantitative estimate of drug-likeness (QED) is 0.479. The summed E-state index contributed by atoms with van der Waals surface area (Å²) >= 11 is 0. The molecular weight excluding hydrogens is 376 g/mol. The third kappa shape index (κ3) is 7.38. The van der Waals surface area contributed by atoms with Crippen molar-refractivity contribution in [1.82, 2.24) is 10.2 Å². The van der Waals surface area contributed by atoms with Gasteiger partial charge in [-0.25, -0.2) is 4.79 Å². The van der Waals surface area contributed by atoms with Crippen LogP contribution < -0.4 is 5.32 Å². The predicted molar refractivity (Wildman–Crippen MR) is 106 cm³/mol. The van der Waals surface area contributed by atoms with Gasteiger partial charge in [-0.15, -0.1) is 0 Å². The minimum absolute atomic E-state index is 0.0225. The smallest absolute Gasteiger partial charge is 0.407 e. The lowest BCUT2D eigenvalue weighted by atomic mass is 9.97. The van der Waals surface area contributed by atoms with Crippen molar-refractivity contribution >= 4 is 18.0 Å². The number of esters is 2. The number of hydrogen-bond donors (Lipinski definition) is 2. The molecule has 0 saturated carbocycles. The predicted octanol–water partition coefficient (Wildman–Crippen LogP) is 2.28. The first-order valence-electron chi connectivity index (χ1n) is 9.97. The molecule has 1 atom stereocenters. The van der Waals surface area contributed by atoms with Gasteiger partial charge in [0.1, 0.15) is 19.3 Å². The molecule has 0 spiro atoms. The maximum absolute atomic E-state index is 12.4. The molecule has 8 heteroatoms. The molecule has 1 amide bonds. The van der Waals surface area contributed by atoms with E-state index >= 15 is 0 Å². The highest BCUT2D eigenvalue weighted by atomic mass is 16.5. The van der Waals surface area contributed by atoms with Crippen molar-refractivity contribution in [2.75, 3.05) is 26.2 Å². The van der Waals surface area contributed by atoms with Gasteiger partial charge in [0.15, 0.2) is 0 Å². The lowest BCUT2D eigenvalue weighted by molar-refractivity contribution is -0.150. The van der Waals surface area contributed by atoms with Crippen LogP contribution in [-0.4, -0.2) is 60.3 Å². The standard InChI is InChI=1S/C21H30N2O6/c1-15(2)18(20(25)29-14-16-6-4-3-5-7-16)22-10-13-28-19(24)17-8-11-23(12-9-17)21(26)27/h3-7,15,17-18,22H,8-14H2,1-2H3,(H,26,27). The van der Waals surface area contributed by atoms with Crippen LogP contribution in [0, 0.1) is 11.8 Å². The molecule has 0 aromatic heterocycles. The van der Waals surface area contributed by atoms with Crippen LogP contribution in [0.4, 0.5) is 4.79 Å². The van der Waals surface area contributed by atoms with E-state index in [2.05, 4.69) is 5.32 Å². The van der Waals surface area contributed by atoms with Crippen LogP contribution in [0.25, 0.3) is 0 Å². The highest BCUT2D eigenvalue weighted by Crippen LogP contribution is 2.18. The lowest BCUT2D eigenvalue weighted by Gasteiger charge is -2.28. The summed E-state index contributed by atoms with van der Waals surface area (Å²) in [5.41, 5.74) is 0.922. The molecule has 1 saturated heterocycles. The summed E-state index contributed by atoms with van der Waals surface area (Å²) in [6.07, 6.45) is -0.0160. The van der Waals surface area contributed by atoms with Gasteiger partial charge < -0.3 is 24.8 Å². The zero-order valence-electron chi connectivity index (χ0n) is 17.0. The number of benzene rings is 1. The first-order valence-corrected chi connectivity index (χ1v) is 9.97. The number of nitrogens with one attached hydrogen (secondary N) is 1. The Hall–Kier alpha value is -2.61. The molecule has 1 aliphatic heterocycles. The molecule has 29 heavy (non-hydrogen) atoms. The normalized spacial score (nSPS) is 15.8. The van der Waals surface area contributed by atoms with Gasteiger partial charge in [-0.3, -0.25) is 9.59 Å². The summed E-state index contributed by atoms with van der Waals surface area (Å²) in [7, 11) is 0. The number of likely N-dealkylation sites (tertiary alicyclic amines) is 1. The summed E-state index contributed by atoms with van der Waals surface area (Å²) in [5.74, 6) is -0.905. The highest BCUT2D eigenvalue weighted by molar-refractivity contribution is 5.76. The molecule has 160 valence electrons. The van der Waals surface area contributed by atoms with Gasteiger partial charge >= 0.3 is 18.0 Å². The van der Waals surface area contributed by atoms with Gasteiger partial charge in [-0.05, 0) is 24.3 Å². The second-order valence-corrected chi connectivity index (χ2v) is 7.48. The van der Waals surface area contributed by atoms with Crippen LogP contribution in [0.1, 0.15) is 32.3 Å². The van der Waals surface area contributed by atoms with E-state index in [0.29, 0.717) is 32.5 Å². The summed E-state index contributed by atoms with van der Waals surface area (Å²) in [5, 5.41) is 12.0. The number of amides is 1. The summed E-state index contributed by atoms with van der Waals surface area (Å²) in [6.45, 7) is 5.23. The van der Waals surface area contributed by atoms with Gasteiger partial charge in [-0.1, -0.05) is 44.2 Å². The zero-order valence-corrected chi connectivity index (χ0v) is 17.0. The van der Waals surface area contributed by atoms with Crippen LogP contribution in [0.2, 0.25) is 0 Å². The van der Waals surface area contributed by atoms with Crippen LogP contribution >= 0.6 is 0 Å². The Labute approximate surface area is 171 Å². The fourth-order valence-corrected chi connectivity index (χ4v) is 3.20. The van der Waals surface area contributed by atoms with E-state index in [1.807, 2.05) is 44.2 Å². The van der Waals surface area contributed by atoms with Gasteiger partial charge in [0.05, 0.1) is 5.92 Å². The Morgan fingerprint density at radius 2 is 1.79 bits per heavy atom. The summed E-state index contributed by atoms with van der Waals surface area (Å²) < 4.78 is 10.7. The van der Waals surface area contributed by atoms with Gasteiger partial charge in [0.2, 0.25) is 0 Å². The van der Waals surface area contributed by atoms with E-state index < -0.39 is 12.1 Å². The number of carbonyl (C=O) groups excluding carboxylic acids is 2. The molecule has 0 aliphatic carbocycles. The van der Waals surface area contributed by atoms with Crippen molar-refractivity contribution in [1.29, 1.82) is 0 Å². The number of piperidine rings is 1. The van der Waals surface area contributed by atoms with E-state index in [1.165, 1.54) is 4.90 Å². The highest BCUT2D eigenvalue weighted by Gasteiger charge is 2.28. The minimum Gasteiger partial charge on any atom is -0.465 e. The summed E-state index contributed by atoms with van der Waals surface area (Å²) in [6, 6.07) is 8.98. The van der Waals surface area contributed by atoms with Crippen molar-refractivity contribution in [2.24, 2.45) is 11.8 Å². The van der Waals surface area contributed by atoms with E-state index in [9.17, 15) is 14.4 Å². The molecular formula is C21H30N2O6. The average molecular weight is 406 g/mol. The number of hydrogen-bond acceptors (Lipinski definition) is 6. The van der Waals surface area contributed by atoms with Crippen LogP contribution in [-0.2, 0) is 25.7 Å². The van der Waals surface area contributed by atoms with E-state index in [1.54, 1.807) is 0 Å². The third-order valence-electron chi connectivity index (χ3n) is 4.95. The molecule has 0 bridgehead atoms. The second kappa shape index (κ2) is 11.4. The Balaban J connectivity index is 1.69. The minimum atomic E-state index is -0.958. The number of ether oxygens (including phenoxy) is 2. The monoisotopic (exact) mass is 406 g/mol. The first-order chi connectivity index (χ1) is 13.9. The first kappa shape index (κ1) is 22.7. The van der Waals surface area contributed by atoms with Crippen molar-refractivity contribution < 1.29 is 29.0 Å². The van der Waals surface area contributed by atoms with Gasteiger partial charge in [0.25, 0.3) is 0 Å². The van der Waals surface area contributed by atoms with E-state index in [-0.39, 0.29) is 37.0 Å². The molecule has 1 fully saturated rings. The molecule has 0 radical (unpaired) electrons. The van der Waals surface area contributed by atoms with E-state index in [4.69, 9.17) is 14.6 Å². The number of carbonyl (C=O) groups is 3. The second-order valence-electron chi connectivity index (χ2n) is 7.48. The molecule has 1 heterocycles. The fourth-order valence-electron chi connectivity index (χ4n) is 3.20. The molecule has 8 nitrogen and oxygen atoms in total. The Morgan fingerprint density at radius 1 is 1.14 bits per heavy atom.